The first-order chi connectivity index (χ1) is 15.0. The number of para-hydroxylation sites is 1. The molecule has 0 spiro atoms. The molecule has 7 nitrogen and oxygen atoms in total. The topological polar surface area (TPSA) is 83.8 Å². The Hall–Kier alpha value is -3.55. The van der Waals surface area contributed by atoms with Crippen molar-refractivity contribution >= 4 is 28.6 Å². The maximum absolute atomic E-state index is 13.0. The van der Waals surface area contributed by atoms with Crippen LogP contribution in [-0.4, -0.2) is 43.6 Å². The summed E-state index contributed by atoms with van der Waals surface area (Å²) >= 11 is 0. The Morgan fingerprint density at radius 3 is 2.61 bits per heavy atom. The summed E-state index contributed by atoms with van der Waals surface area (Å²) in [6.07, 6.45) is 1.57. The van der Waals surface area contributed by atoms with Gasteiger partial charge >= 0.3 is 6.03 Å². The van der Waals surface area contributed by atoms with Crippen LogP contribution >= 0.6 is 0 Å². The average molecular weight is 425 g/mol. The van der Waals surface area contributed by atoms with Crippen molar-refractivity contribution in [3.63, 3.8) is 0 Å². The summed E-state index contributed by atoms with van der Waals surface area (Å²) in [5.41, 5.74) is 1.11. The summed E-state index contributed by atoms with van der Waals surface area (Å²) in [6, 6.07) is 12.7. The number of ether oxygens (including phenoxy) is 1. The zero-order valence-corrected chi connectivity index (χ0v) is 17.2. The number of methoxy groups -OCH3 is 1. The Morgan fingerprint density at radius 1 is 1.16 bits per heavy atom. The molecule has 3 amide bonds. The minimum Gasteiger partial charge on any atom is -0.493 e. The van der Waals surface area contributed by atoms with E-state index in [0.717, 1.165) is 18.2 Å². The first-order valence-electron chi connectivity index (χ1n) is 10.2. The second-order valence-corrected chi connectivity index (χ2v) is 7.57. The maximum Gasteiger partial charge on any atom is 0.321 e. The minimum absolute atomic E-state index is 0.203. The fraction of sp³-hybridized carbons (Fsp3) is 0.304. The normalized spacial score (nSPS) is 14.5. The van der Waals surface area contributed by atoms with Crippen molar-refractivity contribution in [2.45, 2.75) is 12.8 Å². The molecule has 2 aromatic carbocycles. The molecular weight excluding hydrogens is 401 g/mol. The highest BCUT2D eigenvalue weighted by molar-refractivity contribution is 5.97. The second kappa shape index (κ2) is 9.07. The molecule has 31 heavy (non-hydrogen) atoms. The number of rotatable bonds is 5. The number of nitrogens with one attached hydrogen (secondary N) is 2. The van der Waals surface area contributed by atoms with E-state index < -0.39 is 0 Å². The number of urea groups is 1. The molecule has 0 aliphatic carbocycles. The Bertz CT molecular complexity index is 1070. The van der Waals surface area contributed by atoms with Gasteiger partial charge in [0, 0.05) is 30.7 Å². The van der Waals surface area contributed by atoms with Gasteiger partial charge in [-0.3, -0.25) is 4.79 Å². The van der Waals surface area contributed by atoms with E-state index in [1.165, 1.54) is 24.3 Å². The lowest BCUT2D eigenvalue weighted by Gasteiger charge is -2.32. The van der Waals surface area contributed by atoms with Crippen LogP contribution in [0.1, 0.15) is 23.4 Å². The van der Waals surface area contributed by atoms with Crippen LogP contribution in [0.4, 0.5) is 14.9 Å². The number of carbonyl (C=O) groups excluding carboxylic acids is 2. The van der Waals surface area contributed by atoms with Gasteiger partial charge < -0.3 is 24.7 Å². The molecule has 0 atom stereocenters. The van der Waals surface area contributed by atoms with Crippen LogP contribution in [0.3, 0.4) is 0 Å². The van der Waals surface area contributed by atoms with Crippen LogP contribution in [0, 0.1) is 11.7 Å². The zero-order valence-electron chi connectivity index (χ0n) is 17.2. The SMILES string of the molecule is COc1cccc2cc(C(=O)NCC3CCN(C(=O)Nc4ccc(F)cc4)CC3)oc12. The van der Waals surface area contributed by atoms with Crippen LogP contribution in [0.2, 0.25) is 0 Å². The van der Waals surface area contributed by atoms with Gasteiger partial charge in [-0.25, -0.2) is 9.18 Å². The van der Waals surface area contributed by atoms with E-state index in [1.54, 1.807) is 24.1 Å². The van der Waals surface area contributed by atoms with Gasteiger partial charge in [-0.1, -0.05) is 12.1 Å². The van der Waals surface area contributed by atoms with E-state index in [2.05, 4.69) is 10.6 Å². The molecule has 1 aliphatic heterocycles. The number of fused-ring (bicyclic) bond motifs is 1. The highest BCUT2D eigenvalue weighted by Gasteiger charge is 2.24. The highest BCUT2D eigenvalue weighted by atomic mass is 19.1. The lowest BCUT2D eigenvalue weighted by Crippen LogP contribution is -2.43. The molecule has 3 aromatic rings. The molecule has 1 saturated heterocycles. The maximum atomic E-state index is 13.0. The fourth-order valence-electron chi connectivity index (χ4n) is 3.71. The third-order valence-corrected chi connectivity index (χ3v) is 5.50. The second-order valence-electron chi connectivity index (χ2n) is 7.57. The van der Waals surface area contributed by atoms with E-state index in [4.69, 9.17) is 9.15 Å². The molecule has 4 rings (SSSR count). The number of carbonyl (C=O) groups is 2. The van der Waals surface area contributed by atoms with E-state index in [1.807, 2.05) is 12.1 Å². The molecule has 1 fully saturated rings. The third-order valence-electron chi connectivity index (χ3n) is 5.50. The van der Waals surface area contributed by atoms with Gasteiger partial charge in [0.1, 0.15) is 5.82 Å². The number of likely N-dealkylation sites (tertiary alicyclic amines) is 1. The van der Waals surface area contributed by atoms with Gasteiger partial charge in [-0.05, 0) is 55.2 Å². The number of amides is 3. The number of anilines is 1. The lowest BCUT2D eigenvalue weighted by atomic mass is 9.97. The number of halogens is 1. The monoisotopic (exact) mass is 425 g/mol. The Kier molecular flexibility index (Phi) is 6.06. The predicted molar refractivity (Wildman–Crippen MR) is 115 cm³/mol. The van der Waals surface area contributed by atoms with Gasteiger partial charge in [0.2, 0.25) is 0 Å². The molecule has 2 heterocycles. The van der Waals surface area contributed by atoms with Crippen molar-refractivity contribution in [3.8, 4) is 5.75 Å². The number of hydrogen-bond donors (Lipinski definition) is 2. The molecule has 2 N–H and O–H groups in total. The molecule has 0 saturated carbocycles. The molecule has 0 unspecified atom stereocenters. The Morgan fingerprint density at radius 2 is 1.90 bits per heavy atom. The standard InChI is InChI=1S/C23H24FN3O4/c1-30-19-4-2-3-16-13-20(31-21(16)19)22(28)25-14-15-9-11-27(12-10-15)23(29)26-18-7-5-17(24)6-8-18/h2-8,13,15H,9-12,14H2,1H3,(H,25,28)(H,26,29). The summed E-state index contributed by atoms with van der Waals surface area (Å²) < 4.78 is 23.9. The van der Waals surface area contributed by atoms with Crippen LogP contribution < -0.4 is 15.4 Å². The van der Waals surface area contributed by atoms with Gasteiger partial charge in [-0.15, -0.1) is 0 Å². The third kappa shape index (κ3) is 4.79. The Balaban J connectivity index is 1.26. The molecule has 0 radical (unpaired) electrons. The van der Waals surface area contributed by atoms with Crippen LogP contribution in [-0.2, 0) is 0 Å². The number of furan rings is 1. The van der Waals surface area contributed by atoms with Crippen LogP contribution in [0.25, 0.3) is 11.0 Å². The highest BCUT2D eigenvalue weighted by Crippen LogP contribution is 2.28. The molecule has 1 aromatic heterocycles. The summed E-state index contributed by atoms with van der Waals surface area (Å²) in [6.45, 7) is 1.70. The van der Waals surface area contributed by atoms with E-state index in [0.29, 0.717) is 36.7 Å². The van der Waals surface area contributed by atoms with E-state index in [9.17, 15) is 14.0 Å². The number of piperidine rings is 1. The van der Waals surface area contributed by atoms with Gasteiger partial charge in [0.15, 0.2) is 17.1 Å². The number of hydrogen-bond acceptors (Lipinski definition) is 4. The Labute approximate surface area is 179 Å². The smallest absolute Gasteiger partial charge is 0.321 e. The van der Waals surface area contributed by atoms with Crippen LogP contribution in [0.15, 0.2) is 52.9 Å². The van der Waals surface area contributed by atoms with Crippen molar-refractivity contribution in [3.05, 3.63) is 60.1 Å². The summed E-state index contributed by atoms with van der Waals surface area (Å²) in [4.78, 5) is 26.6. The lowest BCUT2D eigenvalue weighted by molar-refractivity contribution is 0.0913. The first-order valence-corrected chi connectivity index (χ1v) is 10.2. The predicted octanol–water partition coefficient (Wildman–Crippen LogP) is 4.25. The van der Waals surface area contributed by atoms with Crippen molar-refractivity contribution in [1.82, 2.24) is 10.2 Å². The van der Waals surface area contributed by atoms with E-state index in [-0.39, 0.29) is 29.4 Å². The largest absolute Gasteiger partial charge is 0.493 e. The summed E-state index contributed by atoms with van der Waals surface area (Å²) in [7, 11) is 1.56. The average Bonchev–Trinajstić information content (AvgIpc) is 3.24. The van der Waals surface area contributed by atoms with Crippen molar-refractivity contribution in [1.29, 1.82) is 0 Å². The summed E-state index contributed by atoms with van der Waals surface area (Å²) in [5, 5.41) is 6.51. The van der Waals surface area contributed by atoms with Crippen molar-refractivity contribution in [2.24, 2.45) is 5.92 Å². The van der Waals surface area contributed by atoms with Crippen molar-refractivity contribution < 1.29 is 23.1 Å². The zero-order chi connectivity index (χ0) is 21.8. The summed E-state index contributed by atoms with van der Waals surface area (Å²) in [5.74, 6) is 0.494. The number of nitrogens with zero attached hydrogens (tertiary/aromatic N) is 1. The fourth-order valence-corrected chi connectivity index (χ4v) is 3.71. The molecule has 8 heteroatoms. The molecule has 1 aliphatic rings. The van der Waals surface area contributed by atoms with Gasteiger partial charge in [0.25, 0.3) is 5.91 Å². The minimum atomic E-state index is -0.345. The molecule has 0 bridgehead atoms. The van der Waals surface area contributed by atoms with Gasteiger partial charge in [0.05, 0.1) is 7.11 Å². The van der Waals surface area contributed by atoms with Gasteiger partial charge in [-0.2, -0.15) is 0 Å². The van der Waals surface area contributed by atoms with E-state index >= 15 is 0 Å². The number of benzene rings is 2. The van der Waals surface area contributed by atoms with Crippen molar-refractivity contribution in [2.75, 3.05) is 32.1 Å². The quantitative estimate of drug-likeness (QED) is 0.640. The first kappa shape index (κ1) is 20.7. The van der Waals surface area contributed by atoms with Crippen LogP contribution in [0.5, 0.6) is 5.75 Å². The molecular formula is C23H24FN3O4. The molecule has 162 valence electrons.